The van der Waals surface area contributed by atoms with Crippen molar-refractivity contribution in [2.24, 2.45) is 0 Å². The highest BCUT2D eigenvalue weighted by Gasteiger charge is 2.34. The van der Waals surface area contributed by atoms with Gasteiger partial charge in [0, 0.05) is 11.4 Å². The minimum absolute atomic E-state index is 0.0587. The van der Waals surface area contributed by atoms with Gasteiger partial charge in [-0.15, -0.1) is 23.4 Å². The van der Waals surface area contributed by atoms with Gasteiger partial charge in [0.15, 0.2) is 0 Å². The van der Waals surface area contributed by atoms with Crippen molar-refractivity contribution in [3.05, 3.63) is 59.4 Å². The second-order valence-corrected chi connectivity index (χ2v) is 7.81. The van der Waals surface area contributed by atoms with E-state index in [0.29, 0.717) is 22.7 Å². The van der Waals surface area contributed by atoms with Crippen molar-refractivity contribution in [1.82, 2.24) is 0 Å². The SMILES string of the molecule is Cc1ccc(N2C(=O)CS[C@@H]2c2ccc(NC(=O)[C@@H](C)Cl)cc2)cc1F. The molecule has 1 saturated heterocycles. The number of halogens is 2. The fourth-order valence-electron chi connectivity index (χ4n) is 2.65. The van der Waals surface area contributed by atoms with E-state index in [-0.39, 0.29) is 23.0 Å². The molecule has 7 heteroatoms. The third-order valence-corrected chi connectivity index (χ3v) is 5.54. The Hall–Kier alpha value is -2.05. The maximum absolute atomic E-state index is 13.9. The predicted octanol–water partition coefficient (Wildman–Crippen LogP) is 4.48. The number of thioether (sulfide) groups is 1. The molecule has 0 aromatic heterocycles. The highest BCUT2D eigenvalue weighted by molar-refractivity contribution is 8.00. The van der Waals surface area contributed by atoms with Crippen LogP contribution in [0.2, 0.25) is 0 Å². The van der Waals surface area contributed by atoms with Crippen LogP contribution in [0.15, 0.2) is 42.5 Å². The van der Waals surface area contributed by atoms with Crippen molar-refractivity contribution in [1.29, 1.82) is 0 Å². The maximum Gasteiger partial charge on any atom is 0.242 e. The van der Waals surface area contributed by atoms with E-state index < -0.39 is 5.38 Å². The molecule has 1 N–H and O–H groups in total. The van der Waals surface area contributed by atoms with Gasteiger partial charge in [0.05, 0.1) is 5.75 Å². The van der Waals surface area contributed by atoms with Gasteiger partial charge in [0.25, 0.3) is 0 Å². The zero-order valence-electron chi connectivity index (χ0n) is 14.3. The Kier molecular flexibility index (Phi) is 5.53. The summed E-state index contributed by atoms with van der Waals surface area (Å²) in [7, 11) is 0. The number of anilines is 2. The monoisotopic (exact) mass is 392 g/mol. The summed E-state index contributed by atoms with van der Waals surface area (Å²) in [5.41, 5.74) is 2.62. The quantitative estimate of drug-likeness (QED) is 0.780. The number of benzene rings is 2. The van der Waals surface area contributed by atoms with E-state index in [4.69, 9.17) is 11.6 Å². The molecule has 2 atom stereocenters. The number of hydrogen-bond acceptors (Lipinski definition) is 3. The summed E-state index contributed by atoms with van der Waals surface area (Å²) < 4.78 is 13.9. The summed E-state index contributed by atoms with van der Waals surface area (Å²) in [6, 6.07) is 12.1. The smallest absolute Gasteiger partial charge is 0.242 e. The van der Waals surface area contributed by atoms with Crippen molar-refractivity contribution in [3.63, 3.8) is 0 Å². The number of rotatable bonds is 4. The Morgan fingerprint density at radius 2 is 2.00 bits per heavy atom. The minimum Gasteiger partial charge on any atom is -0.325 e. The normalized spacial score (nSPS) is 18.1. The zero-order chi connectivity index (χ0) is 18.8. The van der Waals surface area contributed by atoms with E-state index in [2.05, 4.69) is 5.32 Å². The molecule has 0 unspecified atom stereocenters. The number of amides is 2. The van der Waals surface area contributed by atoms with Crippen molar-refractivity contribution >= 4 is 46.6 Å². The summed E-state index contributed by atoms with van der Waals surface area (Å²) >= 11 is 7.24. The molecular weight excluding hydrogens is 375 g/mol. The molecule has 1 heterocycles. The molecule has 0 aliphatic carbocycles. The molecule has 0 spiro atoms. The van der Waals surface area contributed by atoms with Crippen molar-refractivity contribution in [2.45, 2.75) is 24.6 Å². The highest BCUT2D eigenvalue weighted by Crippen LogP contribution is 2.42. The molecule has 4 nitrogen and oxygen atoms in total. The second kappa shape index (κ2) is 7.68. The van der Waals surface area contributed by atoms with Crippen LogP contribution < -0.4 is 10.2 Å². The van der Waals surface area contributed by atoms with Crippen LogP contribution in [-0.2, 0) is 9.59 Å². The average Bonchev–Trinajstić information content (AvgIpc) is 2.99. The fraction of sp³-hybridized carbons (Fsp3) is 0.263. The van der Waals surface area contributed by atoms with Gasteiger partial charge in [-0.25, -0.2) is 4.39 Å². The molecule has 26 heavy (non-hydrogen) atoms. The summed E-state index contributed by atoms with van der Waals surface area (Å²) in [6.07, 6.45) is 0. The Bertz CT molecular complexity index is 842. The first-order valence-electron chi connectivity index (χ1n) is 8.11. The third-order valence-electron chi connectivity index (χ3n) is 4.13. The molecule has 0 bridgehead atoms. The van der Waals surface area contributed by atoms with Crippen LogP contribution in [0, 0.1) is 12.7 Å². The minimum atomic E-state index is -0.621. The second-order valence-electron chi connectivity index (χ2n) is 6.09. The lowest BCUT2D eigenvalue weighted by atomic mass is 10.1. The number of nitrogens with zero attached hydrogens (tertiary/aromatic N) is 1. The predicted molar refractivity (Wildman–Crippen MR) is 104 cm³/mol. The van der Waals surface area contributed by atoms with Crippen LogP contribution in [0.25, 0.3) is 0 Å². The molecule has 2 aromatic carbocycles. The summed E-state index contributed by atoms with van der Waals surface area (Å²) in [5.74, 6) is -0.333. The van der Waals surface area contributed by atoms with E-state index >= 15 is 0 Å². The van der Waals surface area contributed by atoms with Crippen LogP contribution in [0.3, 0.4) is 0 Å². The first kappa shape index (κ1) is 18.7. The largest absolute Gasteiger partial charge is 0.325 e. The molecule has 3 rings (SSSR count). The van der Waals surface area contributed by atoms with Gasteiger partial charge >= 0.3 is 0 Å². The molecule has 1 aliphatic rings. The first-order chi connectivity index (χ1) is 12.4. The van der Waals surface area contributed by atoms with E-state index in [0.717, 1.165) is 5.56 Å². The topological polar surface area (TPSA) is 49.4 Å². The fourth-order valence-corrected chi connectivity index (χ4v) is 3.89. The molecule has 0 radical (unpaired) electrons. The highest BCUT2D eigenvalue weighted by atomic mass is 35.5. The van der Waals surface area contributed by atoms with Gasteiger partial charge in [-0.3, -0.25) is 14.5 Å². The van der Waals surface area contributed by atoms with E-state index in [9.17, 15) is 14.0 Å². The van der Waals surface area contributed by atoms with Crippen LogP contribution in [0.1, 0.15) is 23.4 Å². The van der Waals surface area contributed by atoms with Crippen LogP contribution in [-0.4, -0.2) is 22.9 Å². The molecule has 136 valence electrons. The summed E-state index contributed by atoms with van der Waals surface area (Å²) in [6.45, 7) is 3.29. The lowest BCUT2D eigenvalue weighted by Crippen LogP contribution is -2.28. The molecule has 1 fully saturated rings. The van der Waals surface area contributed by atoms with Crippen molar-refractivity contribution in [2.75, 3.05) is 16.0 Å². The van der Waals surface area contributed by atoms with Crippen molar-refractivity contribution < 1.29 is 14.0 Å². The third kappa shape index (κ3) is 3.86. The Balaban J connectivity index is 1.84. The Morgan fingerprint density at radius 3 is 2.62 bits per heavy atom. The van der Waals surface area contributed by atoms with Gasteiger partial charge in [-0.1, -0.05) is 18.2 Å². The van der Waals surface area contributed by atoms with E-state index in [1.807, 2.05) is 12.1 Å². The molecule has 0 saturated carbocycles. The zero-order valence-corrected chi connectivity index (χ0v) is 15.9. The van der Waals surface area contributed by atoms with Crippen LogP contribution in [0.4, 0.5) is 15.8 Å². The Morgan fingerprint density at radius 1 is 1.31 bits per heavy atom. The van der Waals surface area contributed by atoms with Crippen LogP contribution >= 0.6 is 23.4 Å². The molecule has 1 aliphatic heterocycles. The average molecular weight is 393 g/mol. The lowest BCUT2D eigenvalue weighted by Gasteiger charge is -2.25. The van der Waals surface area contributed by atoms with Gasteiger partial charge in [0.2, 0.25) is 11.8 Å². The van der Waals surface area contributed by atoms with E-state index in [1.165, 1.54) is 17.8 Å². The lowest BCUT2D eigenvalue weighted by molar-refractivity contribution is -0.116. The number of aryl methyl sites for hydroxylation is 1. The first-order valence-corrected chi connectivity index (χ1v) is 9.60. The standard InChI is InChI=1S/C19H18ClFN2O2S/c1-11-3-8-15(9-16(11)21)23-17(24)10-26-19(23)13-4-6-14(7-5-13)22-18(25)12(2)20/h3-9,12,19H,10H2,1-2H3,(H,22,25)/t12-,19-/m1/s1. The number of carbonyl (C=O) groups excluding carboxylic acids is 2. The number of alkyl halides is 1. The Labute approximate surface area is 160 Å². The van der Waals surface area contributed by atoms with Gasteiger partial charge < -0.3 is 5.32 Å². The number of carbonyl (C=O) groups is 2. The molecular formula is C19H18ClFN2O2S. The number of nitrogens with one attached hydrogen (secondary N) is 1. The van der Waals surface area contributed by atoms with Crippen LogP contribution in [0.5, 0.6) is 0 Å². The number of hydrogen-bond donors (Lipinski definition) is 1. The van der Waals surface area contributed by atoms with Gasteiger partial charge in [-0.05, 0) is 49.2 Å². The van der Waals surface area contributed by atoms with E-state index in [1.54, 1.807) is 43.0 Å². The summed E-state index contributed by atoms with van der Waals surface area (Å²) in [4.78, 5) is 25.6. The van der Waals surface area contributed by atoms with Crippen molar-refractivity contribution in [3.8, 4) is 0 Å². The van der Waals surface area contributed by atoms with Gasteiger partial charge in [-0.2, -0.15) is 0 Å². The summed E-state index contributed by atoms with van der Waals surface area (Å²) in [5, 5.41) is 1.86. The molecule has 2 amide bonds. The molecule has 2 aromatic rings. The maximum atomic E-state index is 13.9. The van der Waals surface area contributed by atoms with Gasteiger partial charge in [0.1, 0.15) is 16.6 Å².